The van der Waals surface area contributed by atoms with E-state index in [2.05, 4.69) is 10.7 Å². The van der Waals surface area contributed by atoms with E-state index >= 15 is 0 Å². The van der Waals surface area contributed by atoms with Gasteiger partial charge in [0.15, 0.2) is 0 Å². The number of hydrogen-bond donors (Lipinski definition) is 1. The molecule has 0 heterocycles. The molecule has 4 heteroatoms. The SMILES string of the molecule is CC(=O)ON.[Ni]. The Hall–Kier alpha value is -0.0765. The van der Waals surface area contributed by atoms with Crippen LogP contribution in [-0.2, 0) is 26.1 Å². The van der Waals surface area contributed by atoms with Crippen molar-refractivity contribution in [3.63, 3.8) is 0 Å². The van der Waals surface area contributed by atoms with Crippen LogP contribution in [0.5, 0.6) is 0 Å². The second-order valence-corrected chi connectivity index (χ2v) is 0.609. The third-order valence-corrected chi connectivity index (χ3v) is 0.166. The third kappa shape index (κ3) is 9.06. The molecule has 0 aromatic heterocycles. The molecule has 0 aliphatic heterocycles. The Bertz CT molecular complexity index is 46.8. The van der Waals surface area contributed by atoms with E-state index in [0.29, 0.717) is 0 Å². The zero-order valence-corrected chi connectivity index (χ0v) is 4.20. The van der Waals surface area contributed by atoms with Crippen molar-refractivity contribution in [2.24, 2.45) is 5.90 Å². The van der Waals surface area contributed by atoms with Crippen molar-refractivity contribution < 1.29 is 26.1 Å². The molecule has 0 radical (unpaired) electrons. The molecule has 0 fully saturated rings. The third-order valence-electron chi connectivity index (χ3n) is 0.166. The van der Waals surface area contributed by atoms with Crippen molar-refractivity contribution in [1.82, 2.24) is 0 Å². The quantitative estimate of drug-likeness (QED) is 0.356. The van der Waals surface area contributed by atoms with Crippen LogP contribution in [0, 0.1) is 0 Å². The zero-order valence-electron chi connectivity index (χ0n) is 3.21. The van der Waals surface area contributed by atoms with Gasteiger partial charge < -0.3 is 4.84 Å². The predicted octanol–water partition coefficient (Wildman–Crippen LogP) is -0.579. The van der Waals surface area contributed by atoms with Crippen molar-refractivity contribution in [3.8, 4) is 0 Å². The summed E-state index contributed by atoms with van der Waals surface area (Å²) in [7, 11) is 0. The summed E-state index contributed by atoms with van der Waals surface area (Å²) in [4.78, 5) is 13.1. The van der Waals surface area contributed by atoms with Gasteiger partial charge in [0, 0.05) is 23.4 Å². The van der Waals surface area contributed by atoms with Gasteiger partial charge in [-0.2, -0.15) is 5.90 Å². The molecule has 0 rings (SSSR count). The summed E-state index contributed by atoms with van der Waals surface area (Å²) >= 11 is 0. The Morgan fingerprint density at radius 3 is 2.00 bits per heavy atom. The summed E-state index contributed by atoms with van der Waals surface area (Å²) in [5.74, 6) is 3.85. The fraction of sp³-hybridized carbons (Fsp3) is 0.500. The van der Waals surface area contributed by atoms with Crippen LogP contribution in [0.4, 0.5) is 0 Å². The molecule has 0 aliphatic rings. The van der Waals surface area contributed by atoms with Crippen LogP contribution in [-0.4, -0.2) is 5.97 Å². The van der Waals surface area contributed by atoms with Gasteiger partial charge in [-0.15, -0.1) is 0 Å². The maximum atomic E-state index is 9.47. The van der Waals surface area contributed by atoms with Gasteiger partial charge in [-0.1, -0.05) is 0 Å². The fourth-order valence-electron chi connectivity index (χ4n) is 0. The smallest absolute Gasteiger partial charge is 0.321 e. The molecule has 0 saturated heterocycles. The van der Waals surface area contributed by atoms with Crippen LogP contribution in [0.2, 0.25) is 0 Å². The van der Waals surface area contributed by atoms with E-state index in [9.17, 15) is 4.79 Å². The summed E-state index contributed by atoms with van der Waals surface area (Å²) in [5, 5.41) is 0. The van der Waals surface area contributed by atoms with Gasteiger partial charge >= 0.3 is 5.97 Å². The Kier molecular flexibility index (Phi) is 7.65. The zero-order chi connectivity index (χ0) is 4.28. The number of carbonyl (C=O) groups excluding carboxylic acids is 1. The molecule has 2 N–H and O–H groups in total. The first-order valence-electron chi connectivity index (χ1n) is 1.14. The molecular formula is C2H5NNiO2. The van der Waals surface area contributed by atoms with Gasteiger partial charge in [0.1, 0.15) is 0 Å². The Labute approximate surface area is 45.7 Å². The molecule has 0 bridgehead atoms. The van der Waals surface area contributed by atoms with Crippen molar-refractivity contribution in [3.05, 3.63) is 0 Å². The van der Waals surface area contributed by atoms with Crippen molar-refractivity contribution in [2.45, 2.75) is 6.92 Å². The molecule has 0 aromatic carbocycles. The van der Waals surface area contributed by atoms with Crippen LogP contribution in [0.15, 0.2) is 0 Å². The summed E-state index contributed by atoms with van der Waals surface area (Å²) in [5.41, 5.74) is 0. The summed E-state index contributed by atoms with van der Waals surface area (Å²) < 4.78 is 0. The predicted molar refractivity (Wildman–Crippen MR) is 16.0 cm³/mol. The molecule has 0 saturated carbocycles. The fourth-order valence-corrected chi connectivity index (χ4v) is 0. The Balaban J connectivity index is 0. The standard InChI is InChI=1S/C2H5NO2.Ni/c1-2(4)5-3;/h3H2,1H3;. The molecule has 3 nitrogen and oxygen atoms in total. The molecule has 0 aliphatic carbocycles. The monoisotopic (exact) mass is 133 g/mol. The molecule has 0 aromatic rings. The van der Waals surface area contributed by atoms with E-state index in [1.54, 1.807) is 0 Å². The molecule has 40 valence electrons. The summed E-state index contributed by atoms with van der Waals surface area (Å²) in [6.45, 7) is 1.24. The van der Waals surface area contributed by atoms with Gasteiger partial charge in [-0.05, 0) is 0 Å². The van der Waals surface area contributed by atoms with Crippen molar-refractivity contribution in [1.29, 1.82) is 0 Å². The molecule has 0 spiro atoms. The van der Waals surface area contributed by atoms with Gasteiger partial charge in [0.2, 0.25) is 0 Å². The van der Waals surface area contributed by atoms with Gasteiger partial charge in [-0.3, -0.25) is 4.79 Å². The molecule has 0 atom stereocenters. The Morgan fingerprint density at radius 2 is 2.00 bits per heavy atom. The topological polar surface area (TPSA) is 52.3 Å². The minimum atomic E-state index is -0.468. The van der Waals surface area contributed by atoms with Gasteiger partial charge in [0.25, 0.3) is 0 Å². The van der Waals surface area contributed by atoms with E-state index in [1.807, 2.05) is 0 Å². The molecule has 0 amide bonds. The summed E-state index contributed by atoms with van der Waals surface area (Å²) in [6, 6.07) is 0. The van der Waals surface area contributed by atoms with Gasteiger partial charge in [-0.25, -0.2) is 0 Å². The van der Waals surface area contributed by atoms with E-state index in [4.69, 9.17) is 0 Å². The van der Waals surface area contributed by atoms with Crippen LogP contribution in [0.25, 0.3) is 0 Å². The van der Waals surface area contributed by atoms with Crippen molar-refractivity contribution in [2.75, 3.05) is 0 Å². The number of carbonyl (C=O) groups is 1. The Morgan fingerprint density at radius 1 is 1.83 bits per heavy atom. The minimum Gasteiger partial charge on any atom is -0.374 e. The first-order valence-corrected chi connectivity index (χ1v) is 1.14. The number of hydrogen-bond acceptors (Lipinski definition) is 3. The molecule has 6 heavy (non-hydrogen) atoms. The first kappa shape index (κ1) is 9.33. The van der Waals surface area contributed by atoms with Crippen LogP contribution in [0.1, 0.15) is 6.92 Å². The van der Waals surface area contributed by atoms with E-state index < -0.39 is 5.97 Å². The average molecular weight is 134 g/mol. The van der Waals surface area contributed by atoms with E-state index in [1.165, 1.54) is 6.92 Å². The maximum absolute atomic E-state index is 9.47. The van der Waals surface area contributed by atoms with Crippen LogP contribution in [0.3, 0.4) is 0 Å². The molecule has 0 unspecified atom stereocenters. The molecular weight excluding hydrogens is 129 g/mol. The average Bonchev–Trinajstić information content (AvgIpc) is 1.38. The summed E-state index contributed by atoms with van der Waals surface area (Å²) in [6.07, 6.45) is 0. The largest absolute Gasteiger partial charge is 0.374 e. The van der Waals surface area contributed by atoms with Crippen molar-refractivity contribution >= 4 is 5.97 Å². The maximum Gasteiger partial charge on any atom is 0.321 e. The van der Waals surface area contributed by atoms with Crippen LogP contribution >= 0.6 is 0 Å². The van der Waals surface area contributed by atoms with E-state index in [-0.39, 0.29) is 16.5 Å². The minimum absolute atomic E-state index is 0. The normalized spacial score (nSPS) is 5.67. The second-order valence-electron chi connectivity index (χ2n) is 0.609. The first-order chi connectivity index (χ1) is 2.27. The van der Waals surface area contributed by atoms with E-state index in [0.717, 1.165) is 0 Å². The van der Waals surface area contributed by atoms with Gasteiger partial charge in [0.05, 0.1) is 0 Å². The van der Waals surface area contributed by atoms with Crippen LogP contribution < -0.4 is 5.90 Å². The number of rotatable bonds is 0. The number of nitrogens with two attached hydrogens (primary N) is 1. The second kappa shape index (κ2) is 4.92.